The van der Waals surface area contributed by atoms with Crippen LogP contribution >= 0.6 is 0 Å². The van der Waals surface area contributed by atoms with E-state index >= 15 is 0 Å². The lowest BCUT2D eigenvalue weighted by Gasteiger charge is -2.38. The van der Waals surface area contributed by atoms with E-state index in [-0.39, 0.29) is 6.10 Å². The molecule has 120 valence electrons. The third-order valence-corrected chi connectivity index (χ3v) is 4.34. The highest BCUT2D eigenvalue weighted by molar-refractivity contribution is 4.98. The number of nitrogens with zero attached hydrogens (tertiary/aromatic N) is 3. The first-order valence-electron chi connectivity index (χ1n) is 8.18. The molecular weight excluding hydrogens is 264 g/mol. The molecule has 1 fully saturated rings. The lowest BCUT2D eigenvalue weighted by molar-refractivity contribution is -0.0545. The second-order valence-electron chi connectivity index (χ2n) is 6.13. The molecule has 0 amide bonds. The van der Waals surface area contributed by atoms with Crippen LogP contribution in [-0.2, 0) is 17.7 Å². The lowest BCUT2D eigenvalue weighted by atomic mass is 10.0. The number of hydrogen-bond donors (Lipinski definition) is 1. The van der Waals surface area contributed by atoms with Gasteiger partial charge < -0.3 is 14.6 Å². The Morgan fingerprint density at radius 3 is 2.95 bits per heavy atom. The number of imidazole rings is 1. The first kappa shape index (κ1) is 16.5. The summed E-state index contributed by atoms with van der Waals surface area (Å²) in [7, 11) is 2.02. The molecule has 2 rings (SSSR count). The molecule has 2 heterocycles. The van der Waals surface area contributed by atoms with Crippen molar-refractivity contribution in [3.8, 4) is 0 Å². The molecule has 1 aliphatic rings. The fraction of sp³-hybridized carbons (Fsp3) is 0.812. The highest BCUT2D eigenvalue weighted by Gasteiger charge is 2.29. The fourth-order valence-electron chi connectivity index (χ4n) is 3.00. The summed E-state index contributed by atoms with van der Waals surface area (Å²) in [6.45, 7) is 10.6. The molecule has 1 N–H and O–H groups in total. The Kier molecular flexibility index (Phi) is 6.21. The molecule has 1 aromatic rings. The molecule has 0 aromatic carbocycles. The first-order chi connectivity index (χ1) is 10.2. The van der Waals surface area contributed by atoms with E-state index in [1.807, 2.05) is 13.2 Å². The van der Waals surface area contributed by atoms with Crippen LogP contribution in [0.1, 0.15) is 33.0 Å². The number of ether oxygens (including phenoxy) is 1. The maximum Gasteiger partial charge on any atom is 0.110 e. The second-order valence-corrected chi connectivity index (χ2v) is 6.13. The van der Waals surface area contributed by atoms with Crippen molar-refractivity contribution in [3.05, 3.63) is 18.2 Å². The molecule has 0 spiro atoms. The van der Waals surface area contributed by atoms with Gasteiger partial charge in [0.1, 0.15) is 5.82 Å². The van der Waals surface area contributed by atoms with E-state index in [2.05, 4.69) is 46.7 Å². The SMILES string of the molecule is CCCn1ccnc1CC(NC)C1CN(C(C)C)CCO1. The topological polar surface area (TPSA) is 42.3 Å². The van der Waals surface area contributed by atoms with Crippen molar-refractivity contribution in [3.63, 3.8) is 0 Å². The number of nitrogens with one attached hydrogen (secondary N) is 1. The van der Waals surface area contributed by atoms with Gasteiger partial charge in [-0.05, 0) is 27.3 Å². The molecule has 5 nitrogen and oxygen atoms in total. The van der Waals surface area contributed by atoms with Crippen LogP contribution in [-0.4, -0.2) is 59.4 Å². The average molecular weight is 294 g/mol. The summed E-state index contributed by atoms with van der Waals surface area (Å²) >= 11 is 0. The van der Waals surface area contributed by atoms with E-state index < -0.39 is 0 Å². The Balaban J connectivity index is 2.00. The van der Waals surface area contributed by atoms with E-state index in [1.54, 1.807) is 0 Å². The zero-order valence-electron chi connectivity index (χ0n) is 13.9. The summed E-state index contributed by atoms with van der Waals surface area (Å²) in [4.78, 5) is 7.02. The summed E-state index contributed by atoms with van der Waals surface area (Å²) in [5.74, 6) is 1.15. The van der Waals surface area contributed by atoms with Gasteiger partial charge in [0.15, 0.2) is 0 Å². The highest BCUT2D eigenvalue weighted by atomic mass is 16.5. The van der Waals surface area contributed by atoms with Crippen molar-refractivity contribution in [1.82, 2.24) is 19.8 Å². The highest BCUT2D eigenvalue weighted by Crippen LogP contribution is 2.15. The zero-order chi connectivity index (χ0) is 15.2. The molecule has 1 aliphatic heterocycles. The Labute approximate surface area is 128 Å². The van der Waals surface area contributed by atoms with Crippen LogP contribution in [0, 0.1) is 0 Å². The van der Waals surface area contributed by atoms with Gasteiger partial charge in [0.05, 0.1) is 12.7 Å². The van der Waals surface area contributed by atoms with Crippen LogP contribution < -0.4 is 5.32 Å². The predicted octanol–water partition coefficient (Wildman–Crippen LogP) is 1.53. The minimum Gasteiger partial charge on any atom is -0.374 e. The summed E-state index contributed by atoms with van der Waals surface area (Å²) in [5.41, 5.74) is 0. The van der Waals surface area contributed by atoms with Crippen LogP contribution in [0.15, 0.2) is 12.4 Å². The molecule has 2 unspecified atom stereocenters. The fourth-order valence-corrected chi connectivity index (χ4v) is 3.00. The van der Waals surface area contributed by atoms with Gasteiger partial charge in [-0.2, -0.15) is 0 Å². The van der Waals surface area contributed by atoms with Gasteiger partial charge in [-0.15, -0.1) is 0 Å². The van der Waals surface area contributed by atoms with E-state index in [0.29, 0.717) is 12.1 Å². The maximum atomic E-state index is 6.02. The van der Waals surface area contributed by atoms with E-state index in [4.69, 9.17) is 4.74 Å². The minimum absolute atomic E-state index is 0.234. The van der Waals surface area contributed by atoms with Gasteiger partial charge in [-0.1, -0.05) is 6.92 Å². The summed E-state index contributed by atoms with van der Waals surface area (Å²) in [6, 6.07) is 0.889. The standard InChI is InChI=1S/C16H30N4O/c1-5-7-19-8-6-18-16(19)11-14(17-4)15-12-20(13(2)3)9-10-21-15/h6,8,13-15,17H,5,7,9-12H2,1-4H3. The normalized spacial score (nSPS) is 21.9. The van der Waals surface area contributed by atoms with Crippen molar-refractivity contribution < 1.29 is 4.74 Å². The van der Waals surface area contributed by atoms with E-state index in [1.165, 1.54) is 0 Å². The van der Waals surface area contributed by atoms with Crippen LogP contribution in [0.5, 0.6) is 0 Å². The Morgan fingerprint density at radius 1 is 1.48 bits per heavy atom. The Bertz CT molecular complexity index is 418. The van der Waals surface area contributed by atoms with Crippen LogP contribution in [0.3, 0.4) is 0 Å². The quantitative estimate of drug-likeness (QED) is 0.828. The molecule has 0 aliphatic carbocycles. The number of aromatic nitrogens is 2. The molecule has 0 bridgehead atoms. The van der Waals surface area contributed by atoms with Gasteiger partial charge in [-0.25, -0.2) is 4.98 Å². The molecule has 0 saturated carbocycles. The van der Waals surface area contributed by atoms with Gasteiger partial charge in [-0.3, -0.25) is 4.90 Å². The number of morpholine rings is 1. The first-order valence-corrected chi connectivity index (χ1v) is 8.18. The number of likely N-dealkylation sites (N-methyl/N-ethyl adjacent to an activating group) is 1. The number of rotatable bonds is 7. The molecule has 0 radical (unpaired) electrons. The molecule has 1 saturated heterocycles. The summed E-state index contributed by atoms with van der Waals surface area (Å²) in [5, 5.41) is 3.43. The van der Waals surface area contributed by atoms with Crippen molar-refractivity contribution in [2.45, 2.75) is 58.3 Å². The van der Waals surface area contributed by atoms with E-state index in [0.717, 1.165) is 44.9 Å². The van der Waals surface area contributed by atoms with Crippen LogP contribution in [0.4, 0.5) is 0 Å². The van der Waals surface area contributed by atoms with Gasteiger partial charge in [0.25, 0.3) is 0 Å². The molecule has 1 aromatic heterocycles. The third kappa shape index (κ3) is 4.28. The maximum absolute atomic E-state index is 6.02. The smallest absolute Gasteiger partial charge is 0.110 e. The molecular formula is C16H30N4O. The Hall–Kier alpha value is -0.910. The predicted molar refractivity (Wildman–Crippen MR) is 85.5 cm³/mol. The molecule has 21 heavy (non-hydrogen) atoms. The summed E-state index contributed by atoms with van der Waals surface area (Å²) in [6.07, 6.45) is 6.26. The Morgan fingerprint density at radius 2 is 2.29 bits per heavy atom. The van der Waals surface area contributed by atoms with Crippen molar-refractivity contribution in [2.75, 3.05) is 26.7 Å². The third-order valence-electron chi connectivity index (χ3n) is 4.34. The van der Waals surface area contributed by atoms with Crippen LogP contribution in [0.2, 0.25) is 0 Å². The van der Waals surface area contributed by atoms with Crippen molar-refractivity contribution in [2.24, 2.45) is 0 Å². The second kappa shape index (κ2) is 7.92. The zero-order valence-corrected chi connectivity index (χ0v) is 13.9. The van der Waals surface area contributed by atoms with Gasteiger partial charge in [0.2, 0.25) is 0 Å². The monoisotopic (exact) mass is 294 g/mol. The largest absolute Gasteiger partial charge is 0.374 e. The number of aryl methyl sites for hydroxylation is 1. The number of hydrogen-bond acceptors (Lipinski definition) is 4. The van der Waals surface area contributed by atoms with Crippen molar-refractivity contribution >= 4 is 0 Å². The van der Waals surface area contributed by atoms with Gasteiger partial charge >= 0.3 is 0 Å². The minimum atomic E-state index is 0.234. The van der Waals surface area contributed by atoms with Crippen molar-refractivity contribution in [1.29, 1.82) is 0 Å². The van der Waals surface area contributed by atoms with Gasteiger partial charge in [0, 0.05) is 50.5 Å². The molecule has 5 heteroatoms. The summed E-state index contributed by atoms with van der Waals surface area (Å²) < 4.78 is 8.28. The molecule has 2 atom stereocenters. The average Bonchev–Trinajstić information content (AvgIpc) is 2.92. The van der Waals surface area contributed by atoms with E-state index in [9.17, 15) is 0 Å². The lowest BCUT2D eigenvalue weighted by Crippen LogP contribution is -2.54. The van der Waals surface area contributed by atoms with Crippen LogP contribution in [0.25, 0.3) is 0 Å².